The molecule has 0 aliphatic carbocycles. The summed E-state index contributed by atoms with van der Waals surface area (Å²) in [6, 6.07) is 9.81. The molecule has 1 N–H and O–H groups in total. The van der Waals surface area contributed by atoms with Gasteiger partial charge in [0.25, 0.3) is 0 Å². The van der Waals surface area contributed by atoms with Crippen LogP contribution < -0.4 is 4.72 Å². The van der Waals surface area contributed by atoms with E-state index in [2.05, 4.69) is 9.88 Å². The molecular weight excluding hydrogens is 288 g/mol. The number of sulfonamides is 1. The summed E-state index contributed by atoms with van der Waals surface area (Å²) in [5, 5.41) is 3.69. The van der Waals surface area contributed by atoms with Crippen LogP contribution in [-0.2, 0) is 15.4 Å². The zero-order valence-corrected chi connectivity index (χ0v) is 13.5. The Hall–Kier alpha value is -1.66. The monoisotopic (exact) mass is 308 g/mol. The van der Waals surface area contributed by atoms with Gasteiger partial charge in [-0.05, 0) is 19.4 Å². The molecule has 0 aliphatic heterocycles. The van der Waals surface area contributed by atoms with Crippen LogP contribution in [0.4, 0.5) is 0 Å². The molecule has 0 saturated heterocycles. The van der Waals surface area contributed by atoms with Gasteiger partial charge in [-0.3, -0.25) is 0 Å². The molecule has 0 radical (unpaired) electrons. The molecule has 0 spiro atoms. The van der Waals surface area contributed by atoms with Gasteiger partial charge in [0.2, 0.25) is 10.0 Å². The van der Waals surface area contributed by atoms with Gasteiger partial charge in [0.05, 0.1) is 0 Å². The van der Waals surface area contributed by atoms with Crippen LogP contribution in [0.5, 0.6) is 0 Å². The van der Waals surface area contributed by atoms with E-state index in [1.807, 2.05) is 44.2 Å². The third-order valence-electron chi connectivity index (χ3n) is 3.50. The van der Waals surface area contributed by atoms with E-state index in [1.54, 1.807) is 13.8 Å². The van der Waals surface area contributed by atoms with Gasteiger partial charge in [0, 0.05) is 12.0 Å². The van der Waals surface area contributed by atoms with Gasteiger partial charge in [-0.15, -0.1) is 0 Å². The molecule has 114 valence electrons. The average Bonchev–Trinajstić information content (AvgIpc) is 2.78. The molecule has 2 rings (SSSR count). The van der Waals surface area contributed by atoms with Crippen LogP contribution in [0.1, 0.15) is 30.9 Å². The highest BCUT2D eigenvalue weighted by atomic mass is 32.2. The second-order valence-corrected chi connectivity index (χ2v) is 7.43. The molecule has 0 saturated carbocycles. The molecule has 1 aromatic heterocycles. The fourth-order valence-corrected chi connectivity index (χ4v) is 3.73. The lowest BCUT2D eigenvalue weighted by Gasteiger charge is -2.25. The Labute approximate surface area is 125 Å². The van der Waals surface area contributed by atoms with Crippen LogP contribution in [0, 0.1) is 13.8 Å². The van der Waals surface area contributed by atoms with E-state index < -0.39 is 10.0 Å². The molecule has 0 unspecified atom stereocenters. The predicted molar refractivity (Wildman–Crippen MR) is 80.6 cm³/mol. The van der Waals surface area contributed by atoms with Crippen LogP contribution in [0.2, 0.25) is 0 Å². The SMILES string of the molecule is Cc1noc(C)c1S(=O)(=O)NCC(C)(C)c1ccccc1. The molecule has 21 heavy (non-hydrogen) atoms. The first kappa shape index (κ1) is 15.7. The van der Waals surface area contributed by atoms with Crippen LogP contribution in [0.15, 0.2) is 39.8 Å². The minimum absolute atomic E-state index is 0.131. The highest BCUT2D eigenvalue weighted by molar-refractivity contribution is 7.89. The van der Waals surface area contributed by atoms with Crippen LogP contribution >= 0.6 is 0 Å². The van der Waals surface area contributed by atoms with E-state index in [9.17, 15) is 8.42 Å². The lowest BCUT2D eigenvalue weighted by atomic mass is 9.85. The van der Waals surface area contributed by atoms with Crippen molar-refractivity contribution < 1.29 is 12.9 Å². The molecule has 6 heteroatoms. The second kappa shape index (κ2) is 5.61. The Bertz CT molecular complexity index is 699. The maximum absolute atomic E-state index is 12.4. The minimum atomic E-state index is -3.63. The summed E-state index contributed by atoms with van der Waals surface area (Å²) < 4.78 is 32.4. The topological polar surface area (TPSA) is 72.2 Å². The van der Waals surface area contributed by atoms with Crippen molar-refractivity contribution in [3.63, 3.8) is 0 Å². The number of benzene rings is 1. The number of hydrogen-bond acceptors (Lipinski definition) is 4. The summed E-state index contributed by atoms with van der Waals surface area (Å²) in [5.74, 6) is 0.303. The third-order valence-corrected chi connectivity index (χ3v) is 5.14. The molecule has 5 nitrogen and oxygen atoms in total. The number of aryl methyl sites for hydroxylation is 2. The number of rotatable bonds is 5. The third kappa shape index (κ3) is 3.33. The Balaban J connectivity index is 2.20. The lowest BCUT2D eigenvalue weighted by Crippen LogP contribution is -2.37. The van der Waals surface area contributed by atoms with E-state index in [1.165, 1.54) is 0 Å². The van der Waals surface area contributed by atoms with Gasteiger partial charge < -0.3 is 4.52 Å². The number of nitrogens with zero attached hydrogens (tertiary/aromatic N) is 1. The van der Waals surface area contributed by atoms with E-state index in [4.69, 9.17) is 4.52 Å². The van der Waals surface area contributed by atoms with Crippen molar-refractivity contribution in [1.82, 2.24) is 9.88 Å². The first-order valence-corrected chi connectivity index (χ1v) is 8.20. The molecule has 0 atom stereocenters. The van der Waals surface area contributed by atoms with Gasteiger partial charge in [0.1, 0.15) is 10.6 Å². The molecular formula is C15H20N2O3S. The highest BCUT2D eigenvalue weighted by Crippen LogP contribution is 2.24. The second-order valence-electron chi connectivity index (χ2n) is 5.73. The molecule has 0 fully saturated rings. The summed E-state index contributed by atoms with van der Waals surface area (Å²) in [6.07, 6.45) is 0. The fourth-order valence-electron chi connectivity index (χ4n) is 2.20. The fraction of sp³-hybridized carbons (Fsp3) is 0.400. The Kier molecular flexibility index (Phi) is 4.20. The molecule has 0 bridgehead atoms. The van der Waals surface area contributed by atoms with Gasteiger partial charge in [0.15, 0.2) is 5.76 Å². The molecule has 0 aliphatic rings. The van der Waals surface area contributed by atoms with Gasteiger partial charge in [-0.1, -0.05) is 49.3 Å². The van der Waals surface area contributed by atoms with Gasteiger partial charge in [-0.25, -0.2) is 13.1 Å². The van der Waals surface area contributed by atoms with E-state index in [0.29, 0.717) is 18.0 Å². The van der Waals surface area contributed by atoms with Crippen molar-refractivity contribution in [2.75, 3.05) is 6.54 Å². The summed E-state index contributed by atoms with van der Waals surface area (Å²) >= 11 is 0. The summed E-state index contributed by atoms with van der Waals surface area (Å²) in [6.45, 7) is 7.50. The predicted octanol–water partition coefficient (Wildman–Crippen LogP) is 2.55. The van der Waals surface area contributed by atoms with Crippen molar-refractivity contribution in [3.05, 3.63) is 47.3 Å². The van der Waals surface area contributed by atoms with Gasteiger partial charge >= 0.3 is 0 Å². The number of nitrogens with one attached hydrogen (secondary N) is 1. The van der Waals surface area contributed by atoms with Crippen LogP contribution in [-0.4, -0.2) is 20.1 Å². The number of aromatic nitrogens is 1. The van der Waals surface area contributed by atoms with Crippen molar-refractivity contribution >= 4 is 10.0 Å². The van der Waals surface area contributed by atoms with Crippen molar-refractivity contribution in [3.8, 4) is 0 Å². The zero-order chi connectivity index (χ0) is 15.7. The maximum Gasteiger partial charge on any atom is 0.245 e. The average molecular weight is 308 g/mol. The normalized spacial score (nSPS) is 12.6. The Morgan fingerprint density at radius 2 is 1.81 bits per heavy atom. The maximum atomic E-state index is 12.4. The van der Waals surface area contributed by atoms with Crippen LogP contribution in [0.3, 0.4) is 0 Å². The molecule has 1 heterocycles. The Morgan fingerprint density at radius 1 is 1.19 bits per heavy atom. The van der Waals surface area contributed by atoms with Gasteiger partial charge in [-0.2, -0.15) is 0 Å². The quantitative estimate of drug-likeness (QED) is 0.921. The first-order chi connectivity index (χ1) is 9.74. The smallest absolute Gasteiger partial charge is 0.245 e. The van der Waals surface area contributed by atoms with E-state index in [0.717, 1.165) is 5.56 Å². The van der Waals surface area contributed by atoms with E-state index >= 15 is 0 Å². The summed E-state index contributed by atoms with van der Waals surface area (Å²) in [4.78, 5) is 0.131. The Morgan fingerprint density at radius 3 is 2.33 bits per heavy atom. The first-order valence-electron chi connectivity index (χ1n) is 6.72. The summed E-state index contributed by atoms with van der Waals surface area (Å²) in [5.41, 5.74) is 1.14. The lowest BCUT2D eigenvalue weighted by molar-refractivity contribution is 0.390. The number of hydrogen-bond donors (Lipinski definition) is 1. The zero-order valence-electron chi connectivity index (χ0n) is 12.7. The van der Waals surface area contributed by atoms with Crippen LogP contribution in [0.25, 0.3) is 0 Å². The van der Waals surface area contributed by atoms with Crippen molar-refractivity contribution in [2.24, 2.45) is 0 Å². The minimum Gasteiger partial charge on any atom is -0.360 e. The molecule has 2 aromatic rings. The standard InChI is InChI=1S/C15H20N2O3S/c1-11-14(12(2)20-17-11)21(18,19)16-10-15(3,4)13-8-6-5-7-9-13/h5-9,16H,10H2,1-4H3. The highest BCUT2D eigenvalue weighted by Gasteiger charge is 2.28. The summed E-state index contributed by atoms with van der Waals surface area (Å²) in [7, 11) is -3.63. The van der Waals surface area contributed by atoms with Crippen molar-refractivity contribution in [2.45, 2.75) is 38.0 Å². The van der Waals surface area contributed by atoms with E-state index in [-0.39, 0.29) is 10.3 Å². The largest absolute Gasteiger partial charge is 0.360 e. The molecule has 0 amide bonds. The van der Waals surface area contributed by atoms with Crippen molar-refractivity contribution in [1.29, 1.82) is 0 Å². The molecule has 1 aromatic carbocycles.